The Morgan fingerprint density at radius 3 is 2.79 bits per heavy atom. The summed E-state index contributed by atoms with van der Waals surface area (Å²) in [6.07, 6.45) is 1.37. The Hall–Kier alpha value is -1.75. The number of hydrogen-bond donors (Lipinski definition) is 3. The number of rotatable bonds is 3. The van der Waals surface area contributed by atoms with Gasteiger partial charge in [0.1, 0.15) is 11.5 Å². The highest BCUT2D eigenvalue weighted by atomic mass is 16.3. The van der Waals surface area contributed by atoms with Crippen molar-refractivity contribution in [2.24, 2.45) is 0 Å². The van der Waals surface area contributed by atoms with Gasteiger partial charge in [0.25, 0.3) is 0 Å². The molecule has 3 N–H and O–H groups in total. The van der Waals surface area contributed by atoms with E-state index in [1.54, 1.807) is 24.1 Å². The van der Waals surface area contributed by atoms with Crippen LogP contribution in [0, 0.1) is 0 Å². The third-order valence-electron chi connectivity index (χ3n) is 3.59. The Labute approximate surface area is 112 Å². The van der Waals surface area contributed by atoms with Crippen LogP contribution in [0.2, 0.25) is 0 Å². The fourth-order valence-electron chi connectivity index (χ4n) is 2.49. The number of nitrogens with zero attached hydrogens (tertiary/aromatic N) is 1. The largest absolute Gasteiger partial charge is 0.508 e. The lowest BCUT2D eigenvalue weighted by Crippen LogP contribution is -2.47. The first-order valence-corrected chi connectivity index (χ1v) is 6.49. The minimum Gasteiger partial charge on any atom is -0.508 e. The second kappa shape index (κ2) is 5.48. The molecule has 1 aliphatic rings. The highest BCUT2D eigenvalue weighted by molar-refractivity contribution is 5.76. The predicted octanol–water partition coefficient (Wildman–Crippen LogP) is 1.37. The van der Waals surface area contributed by atoms with Crippen molar-refractivity contribution in [3.63, 3.8) is 0 Å². The van der Waals surface area contributed by atoms with E-state index < -0.39 is 0 Å². The number of piperidine rings is 1. The summed E-state index contributed by atoms with van der Waals surface area (Å²) < 4.78 is 0. The van der Waals surface area contributed by atoms with Crippen molar-refractivity contribution in [3.05, 3.63) is 23.8 Å². The lowest BCUT2D eigenvalue weighted by molar-refractivity contribution is -0.132. The minimum absolute atomic E-state index is 0.0350. The molecule has 2 rings (SSSR count). The van der Waals surface area contributed by atoms with Gasteiger partial charge in [-0.25, -0.2) is 0 Å². The highest BCUT2D eigenvalue weighted by Crippen LogP contribution is 2.28. The molecule has 1 fully saturated rings. The van der Waals surface area contributed by atoms with Crippen molar-refractivity contribution in [2.75, 3.05) is 13.6 Å². The van der Waals surface area contributed by atoms with Crippen molar-refractivity contribution >= 4 is 5.91 Å². The zero-order valence-corrected chi connectivity index (χ0v) is 11.3. The summed E-state index contributed by atoms with van der Waals surface area (Å²) in [5.74, 6) is 0.315. The van der Waals surface area contributed by atoms with Crippen LogP contribution in [0.4, 0.5) is 0 Å². The lowest BCUT2D eigenvalue weighted by atomic mass is 10.0. The summed E-state index contributed by atoms with van der Waals surface area (Å²) in [6, 6.07) is 4.80. The number of nitrogens with one attached hydrogen (secondary N) is 1. The number of phenolic OH excluding ortho intramolecular Hbond substituents is 2. The number of benzene rings is 1. The summed E-state index contributed by atoms with van der Waals surface area (Å²) in [4.78, 5) is 13.1. The van der Waals surface area contributed by atoms with Gasteiger partial charge in [0.05, 0.1) is 0 Å². The van der Waals surface area contributed by atoms with E-state index in [0.717, 1.165) is 12.0 Å². The van der Waals surface area contributed by atoms with Gasteiger partial charge in [0.2, 0.25) is 5.91 Å². The lowest BCUT2D eigenvalue weighted by Gasteiger charge is -2.32. The first-order valence-electron chi connectivity index (χ1n) is 6.49. The highest BCUT2D eigenvalue weighted by Gasteiger charge is 2.24. The molecule has 104 valence electrons. The second-order valence-corrected chi connectivity index (χ2v) is 5.14. The Kier molecular flexibility index (Phi) is 3.95. The van der Waals surface area contributed by atoms with Gasteiger partial charge < -0.3 is 20.4 Å². The van der Waals surface area contributed by atoms with Crippen LogP contribution >= 0.6 is 0 Å². The fraction of sp³-hybridized carbons (Fsp3) is 0.500. The predicted molar refractivity (Wildman–Crippen MR) is 72.0 cm³/mol. The molecule has 0 aromatic heterocycles. The van der Waals surface area contributed by atoms with Gasteiger partial charge in [0.15, 0.2) is 0 Å². The summed E-state index contributed by atoms with van der Waals surface area (Å²) in [5.41, 5.74) is 0.748. The standard InChI is InChI=1S/C14H20N2O3/c1-9(12-5-4-11(17)7-13(12)18)15-10-3-6-14(19)16(2)8-10/h4-5,7,9-10,15,17-18H,3,6,8H2,1-2H3. The first kappa shape index (κ1) is 13.7. The zero-order valence-electron chi connectivity index (χ0n) is 11.3. The van der Waals surface area contributed by atoms with Gasteiger partial charge in [-0.1, -0.05) is 6.07 Å². The Balaban J connectivity index is 2.01. The maximum absolute atomic E-state index is 11.4. The van der Waals surface area contributed by atoms with E-state index in [2.05, 4.69) is 5.32 Å². The molecular formula is C14H20N2O3. The number of phenols is 2. The van der Waals surface area contributed by atoms with Gasteiger partial charge >= 0.3 is 0 Å². The molecule has 1 aliphatic heterocycles. The molecule has 0 radical (unpaired) electrons. The molecule has 2 unspecified atom stereocenters. The van der Waals surface area contributed by atoms with E-state index in [9.17, 15) is 15.0 Å². The summed E-state index contributed by atoms with van der Waals surface area (Å²) in [6.45, 7) is 2.64. The molecule has 0 bridgehead atoms. The second-order valence-electron chi connectivity index (χ2n) is 5.14. The van der Waals surface area contributed by atoms with Crippen molar-refractivity contribution in [1.82, 2.24) is 10.2 Å². The van der Waals surface area contributed by atoms with Crippen molar-refractivity contribution < 1.29 is 15.0 Å². The molecule has 5 heteroatoms. The number of likely N-dealkylation sites (tertiary alicyclic amines) is 1. The molecule has 0 saturated carbocycles. The normalized spacial score (nSPS) is 21.5. The first-order chi connectivity index (χ1) is 8.97. The van der Waals surface area contributed by atoms with Gasteiger partial charge in [-0.15, -0.1) is 0 Å². The van der Waals surface area contributed by atoms with Crippen LogP contribution in [-0.4, -0.2) is 40.7 Å². The van der Waals surface area contributed by atoms with Crippen LogP contribution in [0.15, 0.2) is 18.2 Å². The smallest absolute Gasteiger partial charge is 0.222 e. The SMILES string of the molecule is CC(NC1CCC(=O)N(C)C1)c1ccc(O)cc1O. The number of carbonyl (C=O) groups is 1. The van der Waals surface area contributed by atoms with E-state index >= 15 is 0 Å². The Morgan fingerprint density at radius 1 is 1.42 bits per heavy atom. The molecule has 0 aliphatic carbocycles. The molecule has 1 saturated heterocycles. The maximum atomic E-state index is 11.4. The Bertz CT molecular complexity index is 476. The molecular weight excluding hydrogens is 244 g/mol. The molecule has 1 amide bonds. The molecule has 2 atom stereocenters. The van der Waals surface area contributed by atoms with Crippen LogP contribution in [-0.2, 0) is 4.79 Å². The van der Waals surface area contributed by atoms with Crippen LogP contribution < -0.4 is 5.32 Å². The summed E-state index contributed by atoms with van der Waals surface area (Å²) in [7, 11) is 1.80. The number of carbonyl (C=O) groups excluding carboxylic acids is 1. The van der Waals surface area contributed by atoms with E-state index in [-0.39, 0.29) is 29.5 Å². The zero-order chi connectivity index (χ0) is 14.0. The van der Waals surface area contributed by atoms with E-state index in [1.807, 2.05) is 6.92 Å². The topological polar surface area (TPSA) is 72.8 Å². The van der Waals surface area contributed by atoms with Crippen molar-refractivity contribution in [3.8, 4) is 11.5 Å². The molecule has 1 aromatic carbocycles. The van der Waals surface area contributed by atoms with E-state index in [4.69, 9.17) is 0 Å². The van der Waals surface area contributed by atoms with Crippen molar-refractivity contribution in [1.29, 1.82) is 0 Å². The van der Waals surface area contributed by atoms with Crippen LogP contribution in [0.25, 0.3) is 0 Å². The van der Waals surface area contributed by atoms with Gasteiger partial charge in [-0.05, 0) is 19.4 Å². The van der Waals surface area contributed by atoms with E-state index in [1.165, 1.54) is 6.07 Å². The van der Waals surface area contributed by atoms with Gasteiger partial charge in [-0.3, -0.25) is 4.79 Å². The molecule has 1 aromatic rings. The maximum Gasteiger partial charge on any atom is 0.222 e. The third-order valence-corrected chi connectivity index (χ3v) is 3.59. The minimum atomic E-state index is -0.0350. The molecule has 1 heterocycles. The number of hydrogen-bond acceptors (Lipinski definition) is 4. The monoisotopic (exact) mass is 264 g/mol. The number of aromatic hydroxyl groups is 2. The fourth-order valence-corrected chi connectivity index (χ4v) is 2.49. The average Bonchev–Trinajstić information content (AvgIpc) is 2.33. The Morgan fingerprint density at radius 2 is 2.16 bits per heavy atom. The van der Waals surface area contributed by atoms with Crippen LogP contribution in [0.1, 0.15) is 31.4 Å². The number of likely N-dealkylation sites (N-methyl/N-ethyl adjacent to an activating group) is 1. The molecule has 5 nitrogen and oxygen atoms in total. The molecule has 0 spiro atoms. The summed E-state index contributed by atoms with van der Waals surface area (Å²) in [5, 5.41) is 22.5. The van der Waals surface area contributed by atoms with E-state index in [0.29, 0.717) is 13.0 Å². The van der Waals surface area contributed by atoms with Gasteiger partial charge in [0, 0.05) is 43.7 Å². The van der Waals surface area contributed by atoms with Gasteiger partial charge in [-0.2, -0.15) is 0 Å². The third kappa shape index (κ3) is 3.17. The van der Waals surface area contributed by atoms with Crippen LogP contribution in [0.5, 0.6) is 11.5 Å². The van der Waals surface area contributed by atoms with Crippen molar-refractivity contribution in [2.45, 2.75) is 31.8 Å². The summed E-state index contributed by atoms with van der Waals surface area (Å²) >= 11 is 0. The average molecular weight is 264 g/mol. The number of amides is 1. The molecule has 19 heavy (non-hydrogen) atoms. The van der Waals surface area contributed by atoms with Crippen LogP contribution in [0.3, 0.4) is 0 Å². The quantitative estimate of drug-likeness (QED) is 0.771.